The number of ether oxygens (including phenoxy) is 1. The summed E-state index contributed by atoms with van der Waals surface area (Å²) in [6, 6.07) is 7.59. The average Bonchev–Trinajstić information content (AvgIpc) is 2.94. The average molecular weight is 401 g/mol. The third kappa shape index (κ3) is 6.65. The smallest absolute Gasteiger partial charge is 0.412 e. The van der Waals surface area contributed by atoms with Crippen LogP contribution in [0.2, 0.25) is 0 Å². The standard InChI is InChI=1S/C20H27N5O4/c1-12(21)17(26)22-13-6-8-14(9-7-13)23-18(27)16-10-15(11-25(16)5)24-19(28)29-20(2,3)4/h6-12H,21H2,1-5H3,(H,22,26)(H,23,27)(H,24,28)/t12-/m0/s1. The molecule has 0 saturated heterocycles. The maximum Gasteiger partial charge on any atom is 0.412 e. The molecule has 2 rings (SSSR count). The molecule has 0 bridgehead atoms. The third-order valence-corrected chi connectivity index (χ3v) is 3.71. The van der Waals surface area contributed by atoms with Crippen molar-refractivity contribution in [2.75, 3.05) is 16.0 Å². The molecule has 156 valence electrons. The van der Waals surface area contributed by atoms with Crippen molar-refractivity contribution in [3.8, 4) is 0 Å². The zero-order valence-corrected chi connectivity index (χ0v) is 17.2. The van der Waals surface area contributed by atoms with Crippen LogP contribution < -0.4 is 21.7 Å². The number of aryl methyl sites for hydroxylation is 1. The van der Waals surface area contributed by atoms with Gasteiger partial charge in [-0.1, -0.05) is 0 Å². The van der Waals surface area contributed by atoms with Gasteiger partial charge in [0.2, 0.25) is 5.91 Å². The molecular formula is C20H27N5O4. The van der Waals surface area contributed by atoms with Crippen molar-refractivity contribution in [1.29, 1.82) is 0 Å². The molecule has 0 fully saturated rings. The molecule has 1 aromatic carbocycles. The van der Waals surface area contributed by atoms with E-state index in [0.29, 0.717) is 22.8 Å². The van der Waals surface area contributed by atoms with Crippen molar-refractivity contribution in [2.24, 2.45) is 12.8 Å². The van der Waals surface area contributed by atoms with Gasteiger partial charge in [0.15, 0.2) is 0 Å². The summed E-state index contributed by atoms with van der Waals surface area (Å²) in [5.41, 5.74) is 6.82. The van der Waals surface area contributed by atoms with Crippen LogP contribution in [0.1, 0.15) is 38.2 Å². The molecule has 9 nitrogen and oxygen atoms in total. The van der Waals surface area contributed by atoms with E-state index in [9.17, 15) is 14.4 Å². The highest BCUT2D eigenvalue weighted by Crippen LogP contribution is 2.18. The van der Waals surface area contributed by atoms with Gasteiger partial charge in [0.25, 0.3) is 5.91 Å². The van der Waals surface area contributed by atoms with Crippen LogP contribution in [0.4, 0.5) is 21.9 Å². The number of carbonyl (C=O) groups excluding carboxylic acids is 3. The summed E-state index contributed by atoms with van der Waals surface area (Å²) in [5, 5.41) is 8.03. The van der Waals surface area contributed by atoms with E-state index in [1.807, 2.05) is 0 Å². The highest BCUT2D eigenvalue weighted by molar-refractivity contribution is 6.04. The van der Waals surface area contributed by atoms with E-state index in [-0.39, 0.29) is 11.8 Å². The zero-order chi connectivity index (χ0) is 21.8. The van der Waals surface area contributed by atoms with Crippen LogP contribution in [-0.4, -0.2) is 34.1 Å². The van der Waals surface area contributed by atoms with Gasteiger partial charge < -0.3 is 25.7 Å². The largest absolute Gasteiger partial charge is 0.444 e. The Morgan fingerprint density at radius 1 is 1.00 bits per heavy atom. The number of aromatic nitrogens is 1. The number of carbonyl (C=O) groups is 3. The molecule has 0 saturated carbocycles. The zero-order valence-electron chi connectivity index (χ0n) is 17.2. The lowest BCUT2D eigenvalue weighted by Crippen LogP contribution is -2.32. The van der Waals surface area contributed by atoms with E-state index in [4.69, 9.17) is 10.5 Å². The Morgan fingerprint density at radius 2 is 1.55 bits per heavy atom. The van der Waals surface area contributed by atoms with Crippen LogP contribution in [0.15, 0.2) is 36.5 Å². The topological polar surface area (TPSA) is 127 Å². The Hall–Kier alpha value is -3.33. The van der Waals surface area contributed by atoms with Gasteiger partial charge in [0, 0.05) is 24.6 Å². The molecule has 0 aliphatic rings. The molecule has 5 N–H and O–H groups in total. The second kappa shape index (κ2) is 8.78. The summed E-state index contributed by atoms with van der Waals surface area (Å²) < 4.78 is 6.80. The second-order valence-electron chi connectivity index (χ2n) is 7.66. The second-order valence-corrected chi connectivity index (χ2v) is 7.66. The van der Waals surface area contributed by atoms with E-state index in [0.717, 1.165) is 0 Å². The Bertz CT molecular complexity index is 895. The van der Waals surface area contributed by atoms with Crippen LogP contribution in [0.5, 0.6) is 0 Å². The van der Waals surface area contributed by atoms with Crippen LogP contribution in [0, 0.1) is 0 Å². The number of anilines is 3. The molecule has 3 amide bonds. The SMILES string of the molecule is C[C@H](N)C(=O)Nc1ccc(NC(=O)c2cc(NC(=O)OC(C)(C)C)cn2C)cc1. The summed E-state index contributed by atoms with van der Waals surface area (Å²) in [6.07, 6.45) is 1.02. The number of rotatable bonds is 5. The molecule has 0 spiro atoms. The monoisotopic (exact) mass is 401 g/mol. The van der Waals surface area contributed by atoms with Crippen molar-refractivity contribution in [2.45, 2.75) is 39.3 Å². The molecule has 9 heteroatoms. The van der Waals surface area contributed by atoms with Gasteiger partial charge in [-0.2, -0.15) is 0 Å². The molecule has 2 aromatic rings. The molecule has 29 heavy (non-hydrogen) atoms. The van der Waals surface area contributed by atoms with Crippen LogP contribution >= 0.6 is 0 Å². The number of amides is 3. The van der Waals surface area contributed by atoms with Crippen molar-refractivity contribution in [3.05, 3.63) is 42.2 Å². The van der Waals surface area contributed by atoms with E-state index < -0.39 is 17.7 Å². The fraction of sp³-hybridized carbons (Fsp3) is 0.350. The first-order chi connectivity index (χ1) is 13.4. The molecular weight excluding hydrogens is 374 g/mol. The first kappa shape index (κ1) is 22.0. The Kier molecular flexibility index (Phi) is 6.65. The van der Waals surface area contributed by atoms with E-state index in [1.165, 1.54) is 0 Å². The van der Waals surface area contributed by atoms with Crippen LogP contribution in [0.3, 0.4) is 0 Å². The quantitative estimate of drug-likeness (QED) is 0.612. The number of hydrogen-bond donors (Lipinski definition) is 4. The lowest BCUT2D eigenvalue weighted by molar-refractivity contribution is -0.117. The minimum Gasteiger partial charge on any atom is -0.444 e. The number of benzene rings is 1. The molecule has 0 aliphatic carbocycles. The normalized spacial score (nSPS) is 12.1. The molecule has 1 aromatic heterocycles. The summed E-state index contributed by atoms with van der Waals surface area (Å²) in [4.78, 5) is 36.0. The number of nitrogens with one attached hydrogen (secondary N) is 3. The third-order valence-electron chi connectivity index (χ3n) is 3.71. The molecule has 1 heterocycles. The first-order valence-electron chi connectivity index (χ1n) is 9.09. The van der Waals surface area contributed by atoms with Crippen molar-refractivity contribution in [1.82, 2.24) is 4.57 Å². The van der Waals surface area contributed by atoms with Gasteiger partial charge in [-0.05, 0) is 58.0 Å². The van der Waals surface area contributed by atoms with E-state index in [2.05, 4.69) is 16.0 Å². The van der Waals surface area contributed by atoms with Gasteiger partial charge in [0.05, 0.1) is 11.7 Å². The maximum atomic E-state index is 12.6. The van der Waals surface area contributed by atoms with Gasteiger partial charge in [-0.3, -0.25) is 14.9 Å². The predicted molar refractivity (Wildman–Crippen MR) is 112 cm³/mol. The highest BCUT2D eigenvalue weighted by atomic mass is 16.6. The predicted octanol–water partition coefficient (Wildman–Crippen LogP) is 2.91. The molecule has 0 unspecified atom stereocenters. The van der Waals surface area contributed by atoms with Gasteiger partial charge in [0.1, 0.15) is 11.3 Å². The summed E-state index contributed by atoms with van der Waals surface area (Å²) in [5.74, 6) is -0.646. The molecule has 1 atom stereocenters. The number of nitrogens with two attached hydrogens (primary N) is 1. The number of nitrogens with zero attached hydrogens (tertiary/aromatic N) is 1. The van der Waals surface area contributed by atoms with Crippen molar-refractivity contribution >= 4 is 35.0 Å². The Labute approximate surface area is 169 Å². The van der Waals surface area contributed by atoms with E-state index in [1.54, 1.807) is 75.8 Å². The molecule has 0 aliphatic heterocycles. The minimum atomic E-state index is -0.618. The summed E-state index contributed by atoms with van der Waals surface area (Å²) >= 11 is 0. The summed E-state index contributed by atoms with van der Waals surface area (Å²) in [6.45, 7) is 6.90. The summed E-state index contributed by atoms with van der Waals surface area (Å²) in [7, 11) is 1.70. The number of hydrogen-bond acceptors (Lipinski definition) is 5. The van der Waals surface area contributed by atoms with Crippen molar-refractivity contribution in [3.63, 3.8) is 0 Å². The maximum absolute atomic E-state index is 12.6. The van der Waals surface area contributed by atoms with Gasteiger partial charge >= 0.3 is 6.09 Å². The van der Waals surface area contributed by atoms with Gasteiger partial charge in [-0.15, -0.1) is 0 Å². The lowest BCUT2D eigenvalue weighted by Gasteiger charge is -2.19. The Balaban J connectivity index is 2.01. The fourth-order valence-electron chi connectivity index (χ4n) is 2.37. The lowest BCUT2D eigenvalue weighted by atomic mass is 10.2. The van der Waals surface area contributed by atoms with Crippen molar-refractivity contribution < 1.29 is 19.1 Å². The molecule has 0 radical (unpaired) electrons. The Morgan fingerprint density at radius 3 is 2.07 bits per heavy atom. The first-order valence-corrected chi connectivity index (χ1v) is 9.09. The highest BCUT2D eigenvalue weighted by Gasteiger charge is 2.18. The van der Waals surface area contributed by atoms with Gasteiger partial charge in [-0.25, -0.2) is 4.79 Å². The fourth-order valence-corrected chi connectivity index (χ4v) is 2.37. The van der Waals surface area contributed by atoms with Crippen LogP contribution in [-0.2, 0) is 16.6 Å². The minimum absolute atomic E-state index is 0.296. The van der Waals surface area contributed by atoms with E-state index >= 15 is 0 Å². The van der Waals surface area contributed by atoms with Crippen LogP contribution in [0.25, 0.3) is 0 Å².